The van der Waals surface area contributed by atoms with Crippen molar-refractivity contribution in [2.24, 2.45) is 0 Å². The zero-order valence-electron chi connectivity index (χ0n) is 9.91. The van der Waals surface area contributed by atoms with Crippen molar-refractivity contribution in [2.45, 2.75) is 46.5 Å². The van der Waals surface area contributed by atoms with Crippen LogP contribution in [0.4, 0.5) is 0 Å². The lowest BCUT2D eigenvalue weighted by atomic mass is 10.2. The van der Waals surface area contributed by atoms with Crippen LogP contribution >= 0.6 is 0 Å². The highest BCUT2D eigenvalue weighted by atomic mass is 16.5. The van der Waals surface area contributed by atoms with Gasteiger partial charge in [-0.15, -0.1) is 0 Å². The fraction of sp³-hybridized carbons (Fsp3) is 0.818. The fourth-order valence-electron chi connectivity index (χ4n) is 0.566. The van der Waals surface area contributed by atoms with Crippen LogP contribution in [-0.2, 0) is 14.3 Å². The molecule has 0 aromatic carbocycles. The van der Waals surface area contributed by atoms with Crippen LogP contribution in [0.5, 0.6) is 0 Å². The molecule has 0 rings (SSSR count). The predicted molar refractivity (Wildman–Crippen MR) is 58.5 cm³/mol. The van der Waals surface area contributed by atoms with Crippen molar-refractivity contribution in [3.05, 3.63) is 0 Å². The van der Waals surface area contributed by atoms with E-state index in [1.54, 1.807) is 0 Å². The Morgan fingerprint density at radius 1 is 1.13 bits per heavy atom. The van der Waals surface area contributed by atoms with E-state index in [1.165, 1.54) is 6.92 Å². The van der Waals surface area contributed by atoms with Crippen LogP contribution in [0, 0.1) is 0 Å². The van der Waals surface area contributed by atoms with E-state index in [0.29, 0.717) is 19.6 Å². The van der Waals surface area contributed by atoms with Gasteiger partial charge in [-0.1, -0.05) is 13.8 Å². The summed E-state index contributed by atoms with van der Waals surface area (Å²) in [5, 5.41) is 7.88. The van der Waals surface area contributed by atoms with E-state index in [2.05, 4.69) is 0 Å². The molecule has 90 valence electrons. The molecule has 0 aromatic rings. The van der Waals surface area contributed by atoms with Gasteiger partial charge >= 0.3 is 5.97 Å². The first-order valence-electron chi connectivity index (χ1n) is 5.34. The van der Waals surface area contributed by atoms with Gasteiger partial charge in [0.15, 0.2) is 0 Å². The summed E-state index contributed by atoms with van der Waals surface area (Å²) in [6.45, 7) is 6.10. The van der Waals surface area contributed by atoms with E-state index in [1.807, 2.05) is 13.8 Å². The molecule has 0 bridgehead atoms. The van der Waals surface area contributed by atoms with Crippen LogP contribution in [0.25, 0.3) is 0 Å². The van der Waals surface area contributed by atoms with Crippen molar-refractivity contribution >= 4 is 11.8 Å². The van der Waals surface area contributed by atoms with E-state index >= 15 is 0 Å². The quantitative estimate of drug-likeness (QED) is 0.689. The largest absolute Gasteiger partial charge is 0.466 e. The molecule has 0 aliphatic heterocycles. The molecule has 0 atom stereocenters. The third-order valence-electron chi connectivity index (χ3n) is 1.37. The zero-order chi connectivity index (χ0) is 12.1. The first kappa shape index (κ1) is 16.5. The van der Waals surface area contributed by atoms with Gasteiger partial charge < -0.3 is 14.6 Å². The summed E-state index contributed by atoms with van der Waals surface area (Å²) in [6, 6.07) is 0. The van der Waals surface area contributed by atoms with Crippen LogP contribution < -0.4 is 0 Å². The van der Waals surface area contributed by atoms with Crippen molar-refractivity contribution in [1.82, 2.24) is 0 Å². The summed E-state index contributed by atoms with van der Waals surface area (Å²) in [4.78, 5) is 21.1. The van der Waals surface area contributed by atoms with E-state index < -0.39 is 0 Å². The molecule has 0 aliphatic carbocycles. The molecule has 0 saturated heterocycles. The highest BCUT2D eigenvalue weighted by Crippen LogP contribution is 1.94. The smallest absolute Gasteiger partial charge is 0.306 e. The predicted octanol–water partition coefficient (Wildman–Crippen LogP) is 1.70. The Balaban J connectivity index is 0. The lowest BCUT2D eigenvalue weighted by Crippen LogP contribution is -2.06. The van der Waals surface area contributed by atoms with Crippen LogP contribution in [-0.4, -0.2) is 30.1 Å². The van der Waals surface area contributed by atoms with Crippen molar-refractivity contribution < 1.29 is 19.4 Å². The molecule has 0 aliphatic rings. The van der Waals surface area contributed by atoms with Crippen molar-refractivity contribution in [3.63, 3.8) is 0 Å². The van der Waals surface area contributed by atoms with Gasteiger partial charge in [0.1, 0.15) is 5.78 Å². The number of carbonyl (C=O) groups excluding carboxylic acids is 2. The van der Waals surface area contributed by atoms with Crippen molar-refractivity contribution in [3.8, 4) is 0 Å². The van der Waals surface area contributed by atoms with Gasteiger partial charge in [0.2, 0.25) is 0 Å². The van der Waals surface area contributed by atoms with E-state index in [-0.39, 0.29) is 18.2 Å². The Bertz CT molecular complexity index is 164. The first-order chi connectivity index (χ1) is 7.08. The lowest BCUT2D eigenvalue weighted by molar-refractivity contribution is -0.144. The fourth-order valence-corrected chi connectivity index (χ4v) is 0.566. The molecule has 0 spiro atoms. The van der Waals surface area contributed by atoms with Gasteiger partial charge in [0.05, 0.1) is 13.0 Å². The van der Waals surface area contributed by atoms with Crippen molar-refractivity contribution in [2.75, 3.05) is 13.2 Å². The summed E-state index contributed by atoms with van der Waals surface area (Å²) in [5.74, 6) is -0.250. The molecule has 1 N–H and O–H groups in total. The Morgan fingerprint density at radius 2 is 1.67 bits per heavy atom. The standard InChI is InChI=1S/C8H14O3.C3H8O/c1-3-6-11-8(10)5-4-7(2)9;1-2-3-4/h3-6H2,1-2H3;4H,2-3H2,1H3. The number of rotatable bonds is 6. The highest BCUT2D eigenvalue weighted by molar-refractivity contribution is 5.80. The van der Waals surface area contributed by atoms with E-state index in [0.717, 1.165) is 12.8 Å². The SMILES string of the molecule is CCCO.CCCOC(=O)CCC(C)=O. The summed E-state index contributed by atoms with van der Waals surface area (Å²) in [7, 11) is 0. The minimum Gasteiger partial charge on any atom is -0.466 e. The second kappa shape index (κ2) is 13.1. The molecule has 4 heteroatoms. The average molecular weight is 218 g/mol. The summed E-state index contributed by atoms with van der Waals surface area (Å²) >= 11 is 0. The van der Waals surface area contributed by atoms with Gasteiger partial charge in [0, 0.05) is 13.0 Å². The summed E-state index contributed by atoms with van der Waals surface area (Å²) < 4.78 is 4.75. The molecule has 0 fully saturated rings. The number of aliphatic hydroxyl groups is 1. The lowest BCUT2D eigenvalue weighted by Gasteiger charge is -2.00. The number of ketones is 1. The number of carbonyl (C=O) groups is 2. The van der Waals surface area contributed by atoms with E-state index in [4.69, 9.17) is 9.84 Å². The van der Waals surface area contributed by atoms with Gasteiger partial charge in [-0.3, -0.25) is 4.79 Å². The number of hydrogen-bond donors (Lipinski definition) is 1. The molecular weight excluding hydrogens is 196 g/mol. The second-order valence-electron chi connectivity index (χ2n) is 3.15. The minimum absolute atomic E-state index is 0.0263. The second-order valence-corrected chi connectivity index (χ2v) is 3.15. The van der Waals surface area contributed by atoms with Gasteiger partial charge in [-0.05, 0) is 19.8 Å². The number of aliphatic hydroxyl groups excluding tert-OH is 1. The Hall–Kier alpha value is -0.900. The van der Waals surface area contributed by atoms with Crippen LogP contribution in [0.15, 0.2) is 0 Å². The molecule has 0 saturated carbocycles. The Kier molecular flexibility index (Phi) is 14.4. The van der Waals surface area contributed by atoms with Crippen LogP contribution in [0.1, 0.15) is 46.5 Å². The van der Waals surface area contributed by atoms with Crippen LogP contribution in [0.2, 0.25) is 0 Å². The monoisotopic (exact) mass is 218 g/mol. The highest BCUT2D eigenvalue weighted by Gasteiger charge is 2.02. The van der Waals surface area contributed by atoms with E-state index in [9.17, 15) is 9.59 Å². The topological polar surface area (TPSA) is 63.6 Å². The van der Waals surface area contributed by atoms with Crippen molar-refractivity contribution in [1.29, 1.82) is 0 Å². The van der Waals surface area contributed by atoms with Crippen LogP contribution in [0.3, 0.4) is 0 Å². The number of esters is 1. The Labute approximate surface area is 91.6 Å². The van der Waals surface area contributed by atoms with Gasteiger partial charge in [-0.2, -0.15) is 0 Å². The molecule has 4 nitrogen and oxygen atoms in total. The third-order valence-corrected chi connectivity index (χ3v) is 1.37. The molecular formula is C11H22O4. The normalized spacial score (nSPS) is 8.80. The first-order valence-corrected chi connectivity index (χ1v) is 5.34. The molecule has 0 aromatic heterocycles. The molecule has 0 amide bonds. The number of hydrogen-bond acceptors (Lipinski definition) is 4. The number of ether oxygens (including phenoxy) is 1. The Morgan fingerprint density at radius 3 is 2.00 bits per heavy atom. The summed E-state index contributed by atoms with van der Waals surface area (Å²) in [5.41, 5.74) is 0. The molecule has 0 unspecified atom stereocenters. The maximum atomic E-state index is 10.7. The minimum atomic E-state index is -0.276. The number of Topliss-reactive ketones (excluding diaryl/α,β-unsaturated/α-hetero) is 1. The maximum absolute atomic E-state index is 10.7. The van der Waals surface area contributed by atoms with Gasteiger partial charge in [0.25, 0.3) is 0 Å². The molecule has 0 heterocycles. The average Bonchev–Trinajstić information content (AvgIpc) is 2.23. The zero-order valence-corrected chi connectivity index (χ0v) is 9.91. The molecule has 15 heavy (non-hydrogen) atoms. The third kappa shape index (κ3) is 19.5. The maximum Gasteiger partial charge on any atom is 0.306 e. The molecule has 0 radical (unpaired) electrons. The summed E-state index contributed by atoms with van der Waals surface area (Å²) in [6.07, 6.45) is 2.21. The van der Waals surface area contributed by atoms with Gasteiger partial charge in [-0.25, -0.2) is 0 Å².